The summed E-state index contributed by atoms with van der Waals surface area (Å²) >= 11 is 0. The van der Waals surface area contributed by atoms with Crippen molar-refractivity contribution in [3.05, 3.63) is 35.4 Å². The van der Waals surface area contributed by atoms with Crippen LogP contribution in [0.15, 0.2) is 24.3 Å². The lowest BCUT2D eigenvalue weighted by Gasteiger charge is -2.36. The average molecular weight is 359 g/mol. The number of hydrogen-bond acceptors (Lipinski definition) is 4. The molecule has 1 aromatic carbocycles. The molecule has 0 bridgehead atoms. The van der Waals surface area contributed by atoms with Gasteiger partial charge < -0.3 is 15.0 Å². The normalized spacial score (nSPS) is 23.4. The molecule has 26 heavy (non-hydrogen) atoms. The number of ether oxygens (including phenoxy) is 1. The topological polar surface area (TPSA) is 61.9 Å². The van der Waals surface area contributed by atoms with Gasteiger partial charge in [-0.15, -0.1) is 0 Å². The van der Waals surface area contributed by atoms with Crippen LogP contribution in [0.4, 0.5) is 0 Å². The zero-order valence-electron chi connectivity index (χ0n) is 15.8. The molecule has 2 aliphatic heterocycles. The van der Waals surface area contributed by atoms with Gasteiger partial charge in [0.25, 0.3) is 5.91 Å². The lowest BCUT2D eigenvalue weighted by Crippen LogP contribution is -2.59. The molecule has 0 saturated carbocycles. The predicted octanol–water partition coefficient (Wildman–Crippen LogP) is 1.65. The first-order valence-corrected chi connectivity index (χ1v) is 9.45. The van der Waals surface area contributed by atoms with Crippen molar-refractivity contribution in [1.82, 2.24) is 15.1 Å². The fourth-order valence-electron chi connectivity index (χ4n) is 4.26. The molecule has 142 valence electrons. The van der Waals surface area contributed by atoms with Crippen LogP contribution in [0.1, 0.15) is 41.6 Å². The molecule has 0 aliphatic carbocycles. The third-order valence-corrected chi connectivity index (χ3v) is 5.55. The Balaban J connectivity index is 1.82. The summed E-state index contributed by atoms with van der Waals surface area (Å²) in [6.45, 7) is 3.91. The van der Waals surface area contributed by atoms with Gasteiger partial charge in [0.15, 0.2) is 0 Å². The van der Waals surface area contributed by atoms with Gasteiger partial charge >= 0.3 is 0 Å². The van der Waals surface area contributed by atoms with E-state index in [4.69, 9.17) is 4.74 Å². The van der Waals surface area contributed by atoms with Crippen LogP contribution in [-0.2, 0) is 16.1 Å². The van der Waals surface area contributed by atoms with Crippen LogP contribution in [0.3, 0.4) is 0 Å². The summed E-state index contributed by atoms with van der Waals surface area (Å²) in [6, 6.07) is 7.82. The molecule has 2 aliphatic rings. The Kier molecular flexibility index (Phi) is 5.94. The molecule has 6 nitrogen and oxygen atoms in total. The third-order valence-electron chi connectivity index (χ3n) is 5.55. The Morgan fingerprint density at radius 3 is 2.65 bits per heavy atom. The molecule has 0 radical (unpaired) electrons. The number of likely N-dealkylation sites (tertiary alicyclic amines) is 2. The highest BCUT2D eigenvalue weighted by Gasteiger charge is 2.49. The number of hydrogen-bond donors (Lipinski definition) is 1. The van der Waals surface area contributed by atoms with Crippen molar-refractivity contribution in [2.75, 3.05) is 40.4 Å². The van der Waals surface area contributed by atoms with Gasteiger partial charge in [0, 0.05) is 32.8 Å². The van der Waals surface area contributed by atoms with Gasteiger partial charge in [-0.25, -0.2) is 0 Å². The molecule has 3 rings (SSSR count). The van der Waals surface area contributed by atoms with Gasteiger partial charge in [-0.2, -0.15) is 0 Å². The van der Waals surface area contributed by atoms with Gasteiger partial charge in [0.1, 0.15) is 5.54 Å². The van der Waals surface area contributed by atoms with E-state index in [1.54, 1.807) is 19.1 Å². The number of likely N-dealkylation sites (N-methyl/N-ethyl adjacent to an activating group) is 1. The van der Waals surface area contributed by atoms with Gasteiger partial charge in [-0.05, 0) is 56.5 Å². The van der Waals surface area contributed by atoms with Crippen LogP contribution in [0.5, 0.6) is 0 Å². The van der Waals surface area contributed by atoms with Gasteiger partial charge in [0.2, 0.25) is 5.91 Å². The third kappa shape index (κ3) is 3.62. The largest absolute Gasteiger partial charge is 0.382 e. The molecule has 0 spiro atoms. The smallest absolute Gasteiger partial charge is 0.254 e. The maximum atomic E-state index is 13.2. The van der Waals surface area contributed by atoms with Crippen LogP contribution in [0, 0.1) is 0 Å². The number of nitrogens with one attached hydrogen (secondary N) is 1. The number of nitrogens with zero attached hydrogens (tertiary/aromatic N) is 2. The van der Waals surface area contributed by atoms with Crippen LogP contribution < -0.4 is 5.32 Å². The number of amides is 2. The van der Waals surface area contributed by atoms with E-state index in [1.807, 2.05) is 18.2 Å². The summed E-state index contributed by atoms with van der Waals surface area (Å²) in [7, 11) is 3.18. The Labute approximate surface area is 155 Å². The molecule has 2 saturated heterocycles. The van der Waals surface area contributed by atoms with Crippen LogP contribution in [-0.4, -0.2) is 67.6 Å². The minimum atomic E-state index is -0.911. The van der Waals surface area contributed by atoms with E-state index in [0.29, 0.717) is 18.5 Å². The lowest BCUT2D eigenvalue weighted by molar-refractivity contribution is -0.133. The fourth-order valence-corrected chi connectivity index (χ4v) is 4.26. The summed E-state index contributed by atoms with van der Waals surface area (Å²) in [5.74, 6) is -0.246. The van der Waals surface area contributed by atoms with Crippen LogP contribution in [0.25, 0.3) is 0 Å². The minimum absolute atomic E-state index is 0.0913. The maximum absolute atomic E-state index is 13.2. The Bertz CT molecular complexity index is 657. The standard InChI is InChI=1S/C20H29N3O3/c1-21-19(25)20(15-26-2)9-6-12-23(20)18(24)17-8-5-7-16(13-17)14-22-10-3-4-11-22/h5,7-8,13H,3-4,6,9-12,14-15H2,1-2H3,(H,21,25). The summed E-state index contributed by atoms with van der Waals surface area (Å²) in [4.78, 5) is 29.9. The number of rotatable bonds is 6. The van der Waals surface area contributed by atoms with Crippen molar-refractivity contribution < 1.29 is 14.3 Å². The van der Waals surface area contributed by atoms with E-state index in [1.165, 1.54) is 12.8 Å². The Hall–Kier alpha value is -1.92. The molecule has 1 N–H and O–H groups in total. The highest BCUT2D eigenvalue weighted by Crippen LogP contribution is 2.32. The quantitative estimate of drug-likeness (QED) is 0.839. The number of carbonyl (C=O) groups is 2. The molecule has 2 heterocycles. The monoisotopic (exact) mass is 359 g/mol. The van der Waals surface area contributed by atoms with Crippen molar-refractivity contribution in [2.24, 2.45) is 0 Å². The molecule has 0 aromatic heterocycles. The Morgan fingerprint density at radius 2 is 1.96 bits per heavy atom. The van der Waals surface area contributed by atoms with E-state index < -0.39 is 5.54 Å². The molecule has 1 atom stereocenters. The SMILES string of the molecule is CNC(=O)C1(COC)CCCN1C(=O)c1cccc(CN2CCCC2)c1. The molecule has 1 aromatic rings. The predicted molar refractivity (Wildman–Crippen MR) is 99.9 cm³/mol. The first-order chi connectivity index (χ1) is 12.6. The van der Waals surface area contributed by atoms with E-state index in [9.17, 15) is 9.59 Å². The van der Waals surface area contributed by atoms with E-state index in [-0.39, 0.29) is 18.4 Å². The van der Waals surface area contributed by atoms with Crippen LogP contribution >= 0.6 is 0 Å². The zero-order chi connectivity index (χ0) is 18.6. The summed E-state index contributed by atoms with van der Waals surface area (Å²) < 4.78 is 5.32. The molecule has 1 unspecified atom stereocenters. The molecular formula is C20H29N3O3. The zero-order valence-corrected chi connectivity index (χ0v) is 15.8. The summed E-state index contributed by atoms with van der Waals surface area (Å²) in [5.41, 5.74) is 0.883. The highest BCUT2D eigenvalue weighted by molar-refractivity contribution is 6.00. The maximum Gasteiger partial charge on any atom is 0.254 e. The molecule has 6 heteroatoms. The van der Waals surface area contributed by atoms with Crippen molar-refractivity contribution in [2.45, 2.75) is 37.8 Å². The molecular weight excluding hydrogens is 330 g/mol. The lowest BCUT2D eigenvalue weighted by atomic mass is 9.95. The number of methoxy groups -OCH3 is 1. The van der Waals surface area contributed by atoms with Gasteiger partial charge in [0.05, 0.1) is 6.61 Å². The summed E-state index contributed by atoms with van der Waals surface area (Å²) in [6.07, 6.45) is 3.92. The van der Waals surface area contributed by atoms with Crippen LogP contribution in [0.2, 0.25) is 0 Å². The fraction of sp³-hybridized carbons (Fsp3) is 0.600. The second-order valence-electron chi connectivity index (χ2n) is 7.29. The van der Waals surface area contributed by atoms with E-state index in [0.717, 1.165) is 31.6 Å². The second kappa shape index (κ2) is 8.18. The summed E-state index contributed by atoms with van der Waals surface area (Å²) in [5, 5.41) is 2.71. The van der Waals surface area contributed by atoms with Crippen molar-refractivity contribution >= 4 is 11.8 Å². The van der Waals surface area contributed by atoms with E-state index in [2.05, 4.69) is 16.3 Å². The van der Waals surface area contributed by atoms with E-state index >= 15 is 0 Å². The van der Waals surface area contributed by atoms with Gasteiger partial charge in [-0.3, -0.25) is 14.5 Å². The minimum Gasteiger partial charge on any atom is -0.382 e. The van der Waals surface area contributed by atoms with Crippen molar-refractivity contribution in [3.63, 3.8) is 0 Å². The Morgan fingerprint density at radius 1 is 1.19 bits per heavy atom. The first kappa shape index (κ1) is 18.9. The highest BCUT2D eigenvalue weighted by atomic mass is 16.5. The average Bonchev–Trinajstić information content (AvgIpc) is 3.31. The first-order valence-electron chi connectivity index (χ1n) is 9.45. The van der Waals surface area contributed by atoms with Gasteiger partial charge in [-0.1, -0.05) is 12.1 Å². The number of carbonyl (C=O) groups excluding carboxylic acids is 2. The second-order valence-corrected chi connectivity index (χ2v) is 7.29. The molecule has 2 amide bonds. The molecule has 2 fully saturated rings. The number of benzene rings is 1. The van der Waals surface area contributed by atoms with Crippen molar-refractivity contribution in [3.8, 4) is 0 Å². The van der Waals surface area contributed by atoms with Crippen molar-refractivity contribution in [1.29, 1.82) is 0 Å².